The standard InChI is InChI=1S/C4H10N2S.C2H6/c1-5-4(3-7)6-2;1-2/h3,5-7H,1-2H3;1-2H3. The van der Waals surface area contributed by atoms with Crippen LogP contribution in [0.2, 0.25) is 0 Å². The summed E-state index contributed by atoms with van der Waals surface area (Å²) in [6, 6.07) is 0. The van der Waals surface area contributed by atoms with Gasteiger partial charge in [0, 0.05) is 19.5 Å². The Morgan fingerprint density at radius 3 is 1.56 bits per heavy atom. The first-order valence-electron chi connectivity index (χ1n) is 3.05. The van der Waals surface area contributed by atoms with Crippen LogP contribution in [0.1, 0.15) is 13.8 Å². The van der Waals surface area contributed by atoms with E-state index in [9.17, 15) is 0 Å². The lowest BCUT2D eigenvalue weighted by Gasteiger charge is -2.00. The van der Waals surface area contributed by atoms with Crippen molar-refractivity contribution in [3.63, 3.8) is 0 Å². The summed E-state index contributed by atoms with van der Waals surface area (Å²) < 4.78 is 0. The van der Waals surface area contributed by atoms with Crippen molar-refractivity contribution in [3.05, 3.63) is 11.2 Å². The summed E-state index contributed by atoms with van der Waals surface area (Å²) in [7, 11) is 3.66. The third-order valence-electron chi connectivity index (χ3n) is 0.668. The molecule has 0 amide bonds. The normalized spacial score (nSPS) is 6.33. The van der Waals surface area contributed by atoms with E-state index < -0.39 is 0 Å². The van der Waals surface area contributed by atoms with Crippen molar-refractivity contribution in [3.8, 4) is 0 Å². The molecule has 0 fully saturated rings. The minimum absolute atomic E-state index is 0.920. The lowest BCUT2D eigenvalue weighted by molar-refractivity contribution is 0.842. The van der Waals surface area contributed by atoms with Crippen LogP contribution >= 0.6 is 12.6 Å². The van der Waals surface area contributed by atoms with Gasteiger partial charge in [-0.2, -0.15) is 0 Å². The Hall–Kier alpha value is -0.310. The topological polar surface area (TPSA) is 24.1 Å². The average Bonchev–Trinajstić information content (AvgIpc) is 1.96. The lowest BCUT2D eigenvalue weighted by atomic mass is 10.8. The van der Waals surface area contributed by atoms with Gasteiger partial charge in [-0.1, -0.05) is 13.8 Å². The predicted molar refractivity (Wildman–Crippen MR) is 46.5 cm³/mol. The Balaban J connectivity index is 0. The molecule has 0 aromatic heterocycles. The SMILES string of the molecule is CC.CNC(=CS)NC. The summed E-state index contributed by atoms with van der Waals surface area (Å²) in [6.07, 6.45) is 0. The van der Waals surface area contributed by atoms with Gasteiger partial charge in [-0.05, 0) is 0 Å². The number of hydrogen-bond donors (Lipinski definition) is 3. The number of thiol groups is 1. The highest BCUT2D eigenvalue weighted by molar-refractivity contribution is 7.83. The van der Waals surface area contributed by atoms with E-state index in [-0.39, 0.29) is 0 Å². The summed E-state index contributed by atoms with van der Waals surface area (Å²) in [6.45, 7) is 4.00. The fourth-order valence-electron chi connectivity index (χ4n) is 0.254. The highest BCUT2D eigenvalue weighted by Gasteiger charge is 1.77. The van der Waals surface area contributed by atoms with Crippen molar-refractivity contribution >= 4 is 12.6 Å². The van der Waals surface area contributed by atoms with Crippen molar-refractivity contribution < 1.29 is 0 Å². The molecule has 0 rings (SSSR count). The molecule has 3 heteroatoms. The maximum Gasteiger partial charge on any atom is 0.104 e. The second-order valence-corrected chi connectivity index (χ2v) is 1.30. The van der Waals surface area contributed by atoms with E-state index in [0.717, 1.165) is 5.82 Å². The molecule has 0 heterocycles. The van der Waals surface area contributed by atoms with Crippen molar-refractivity contribution in [1.29, 1.82) is 0 Å². The Morgan fingerprint density at radius 1 is 1.22 bits per heavy atom. The quantitative estimate of drug-likeness (QED) is 0.512. The molecule has 0 aliphatic rings. The Morgan fingerprint density at radius 2 is 1.56 bits per heavy atom. The molecule has 0 aromatic rings. The van der Waals surface area contributed by atoms with E-state index in [4.69, 9.17) is 0 Å². The predicted octanol–water partition coefficient (Wildman–Crippen LogP) is 1.18. The van der Waals surface area contributed by atoms with Gasteiger partial charge < -0.3 is 10.6 Å². The van der Waals surface area contributed by atoms with Crippen LogP contribution in [-0.2, 0) is 0 Å². The third kappa shape index (κ3) is 7.69. The van der Waals surface area contributed by atoms with E-state index in [1.165, 1.54) is 0 Å². The zero-order valence-electron chi connectivity index (χ0n) is 6.52. The molecule has 2 N–H and O–H groups in total. The molecule has 0 saturated carbocycles. The summed E-state index contributed by atoms with van der Waals surface area (Å²) in [5, 5.41) is 7.42. The zero-order valence-corrected chi connectivity index (χ0v) is 7.42. The molecule has 0 bridgehead atoms. The molecule has 0 radical (unpaired) electrons. The van der Waals surface area contributed by atoms with E-state index in [2.05, 4.69) is 23.3 Å². The number of rotatable bonds is 2. The summed E-state index contributed by atoms with van der Waals surface area (Å²) in [4.78, 5) is 0. The van der Waals surface area contributed by atoms with Gasteiger partial charge >= 0.3 is 0 Å². The van der Waals surface area contributed by atoms with Gasteiger partial charge in [-0.25, -0.2) is 0 Å². The van der Waals surface area contributed by atoms with Crippen LogP contribution in [0.25, 0.3) is 0 Å². The van der Waals surface area contributed by atoms with Gasteiger partial charge in [0.25, 0.3) is 0 Å². The monoisotopic (exact) mass is 148 g/mol. The van der Waals surface area contributed by atoms with Crippen molar-refractivity contribution in [2.24, 2.45) is 0 Å². The molecule has 0 saturated heterocycles. The second-order valence-electron chi connectivity index (χ2n) is 1.04. The first-order chi connectivity index (χ1) is 4.35. The highest BCUT2D eigenvalue weighted by atomic mass is 32.1. The van der Waals surface area contributed by atoms with Gasteiger partial charge in [0.2, 0.25) is 0 Å². The van der Waals surface area contributed by atoms with Crippen LogP contribution in [0, 0.1) is 0 Å². The Bertz CT molecular complexity index is 65.5. The maximum absolute atomic E-state index is 3.89. The molecular formula is C6H16N2S. The minimum atomic E-state index is 0.920. The van der Waals surface area contributed by atoms with Gasteiger partial charge in [-0.3, -0.25) is 0 Å². The van der Waals surface area contributed by atoms with Crippen LogP contribution < -0.4 is 10.6 Å². The summed E-state index contributed by atoms with van der Waals surface area (Å²) >= 11 is 3.89. The van der Waals surface area contributed by atoms with Gasteiger partial charge in [0.15, 0.2) is 0 Å². The van der Waals surface area contributed by atoms with Crippen LogP contribution in [0.3, 0.4) is 0 Å². The van der Waals surface area contributed by atoms with Gasteiger partial charge in [-0.15, -0.1) is 12.6 Å². The second kappa shape index (κ2) is 10.6. The molecule has 0 spiro atoms. The van der Waals surface area contributed by atoms with Crippen LogP contribution in [0.15, 0.2) is 11.2 Å². The molecule has 0 aromatic carbocycles. The Kier molecular flexibility index (Phi) is 13.6. The fourth-order valence-corrected chi connectivity index (χ4v) is 0.512. The van der Waals surface area contributed by atoms with Crippen LogP contribution in [-0.4, -0.2) is 14.1 Å². The van der Waals surface area contributed by atoms with Crippen molar-refractivity contribution in [1.82, 2.24) is 10.6 Å². The first kappa shape index (κ1) is 11.5. The maximum atomic E-state index is 3.89. The smallest absolute Gasteiger partial charge is 0.104 e. The lowest BCUT2D eigenvalue weighted by Crippen LogP contribution is -2.18. The summed E-state index contributed by atoms with van der Waals surface area (Å²) in [5.41, 5.74) is 0. The van der Waals surface area contributed by atoms with E-state index in [1.54, 1.807) is 5.41 Å². The van der Waals surface area contributed by atoms with Crippen LogP contribution in [0.5, 0.6) is 0 Å². The van der Waals surface area contributed by atoms with Crippen molar-refractivity contribution in [2.45, 2.75) is 13.8 Å². The number of hydrogen-bond acceptors (Lipinski definition) is 3. The molecule has 0 atom stereocenters. The van der Waals surface area contributed by atoms with E-state index in [0.29, 0.717) is 0 Å². The zero-order chi connectivity index (χ0) is 7.70. The Labute approximate surface area is 63.1 Å². The third-order valence-corrected chi connectivity index (χ3v) is 0.926. The van der Waals surface area contributed by atoms with Gasteiger partial charge in [0.1, 0.15) is 5.82 Å². The molecular weight excluding hydrogens is 132 g/mol. The molecule has 0 unspecified atom stereocenters. The fraction of sp³-hybridized carbons (Fsp3) is 0.667. The highest BCUT2D eigenvalue weighted by Crippen LogP contribution is 1.80. The molecule has 0 aliphatic carbocycles. The molecule has 2 nitrogen and oxygen atoms in total. The van der Waals surface area contributed by atoms with E-state index >= 15 is 0 Å². The van der Waals surface area contributed by atoms with Crippen molar-refractivity contribution in [2.75, 3.05) is 14.1 Å². The molecule has 56 valence electrons. The molecule has 0 aliphatic heterocycles. The molecule has 9 heavy (non-hydrogen) atoms. The van der Waals surface area contributed by atoms with Crippen LogP contribution in [0.4, 0.5) is 0 Å². The largest absolute Gasteiger partial charge is 0.375 e. The minimum Gasteiger partial charge on any atom is -0.375 e. The van der Waals surface area contributed by atoms with E-state index in [1.807, 2.05) is 27.9 Å². The van der Waals surface area contributed by atoms with Gasteiger partial charge in [0.05, 0.1) is 0 Å². The first-order valence-corrected chi connectivity index (χ1v) is 3.56. The average molecular weight is 148 g/mol. The number of nitrogens with one attached hydrogen (secondary N) is 2. The summed E-state index contributed by atoms with van der Waals surface area (Å²) in [5.74, 6) is 0.920.